The lowest BCUT2D eigenvalue weighted by molar-refractivity contribution is -0.197. The van der Waals surface area contributed by atoms with Gasteiger partial charge in [0, 0.05) is 30.4 Å². The van der Waals surface area contributed by atoms with Crippen molar-refractivity contribution in [1.29, 1.82) is 0 Å². The predicted octanol–water partition coefficient (Wildman–Crippen LogP) is 3.52. The van der Waals surface area contributed by atoms with Crippen LogP contribution in [0.2, 0.25) is 0 Å². The number of nitrogens with zero attached hydrogens (tertiary/aromatic N) is 1. The fourth-order valence-corrected chi connectivity index (χ4v) is 3.54. The Morgan fingerprint density at radius 3 is 2.68 bits per heavy atom. The minimum atomic E-state index is -4.36. The zero-order valence-corrected chi connectivity index (χ0v) is 13.6. The number of benzene rings is 1. The first kappa shape index (κ1) is 17.6. The van der Waals surface area contributed by atoms with Crippen molar-refractivity contribution >= 4 is 23.3 Å². The average molecular weight is 355 g/mol. The van der Waals surface area contributed by atoms with E-state index in [4.69, 9.17) is 0 Å². The van der Waals surface area contributed by atoms with Gasteiger partial charge >= 0.3 is 12.2 Å². The lowest BCUT2D eigenvalue weighted by Crippen LogP contribution is -2.39. The second-order valence-electron chi connectivity index (χ2n) is 6.46. The summed E-state index contributed by atoms with van der Waals surface area (Å²) < 4.78 is 39.5. The minimum Gasteiger partial charge on any atom is -0.336 e. The summed E-state index contributed by atoms with van der Waals surface area (Å²) >= 11 is 0. The summed E-state index contributed by atoms with van der Waals surface area (Å²) in [5.74, 6) is -3.26. The van der Waals surface area contributed by atoms with Gasteiger partial charge in [-0.3, -0.25) is 9.69 Å². The van der Waals surface area contributed by atoms with Gasteiger partial charge in [-0.25, -0.2) is 4.79 Å². The van der Waals surface area contributed by atoms with Gasteiger partial charge in [0.2, 0.25) is 5.91 Å². The number of hydrogen-bond donors (Lipinski definition) is 2. The van der Waals surface area contributed by atoms with Crippen LogP contribution in [0.5, 0.6) is 0 Å². The Kier molecular flexibility index (Phi) is 4.87. The van der Waals surface area contributed by atoms with E-state index in [1.54, 1.807) is 24.3 Å². The maximum absolute atomic E-state index is 13.2. The van der Waals surface area contributed by atoms with E-state index in [1.807, 2.05) is 0 Å². The SMILES string of the molecule is O=C(Nc1cccc(N2CCNC2=O)c1)C1CCCCC1C(F)(F)F. The predicted molar refractivity (Wildman–Crippen MR) is 87.3 cm³/mol. The number of urea groups is 1. The normalized spacial score (nSPS) is 24.1. The highest BCUT2D eigenvalue weighted by atomic mass is 19.4. The van der Waals surface area contributed by atoms with Crippen molar-refractivity contribution in [3.63, 3.8) is 0 Å². The molecule has 2 aliphatic rings. The number of halogens is 3. The molecule has 8 heteroatoms. The molecule has 0 radical (unpaired) electrons. The van der Waals surface area contributed by atoms with E-state index < -0.39 is 23.9 Å². The van der Waals surface area contributed by atoms with Gasteiger partial charge in [0.25, 0.3) is 0 Å². The van der Waals surface area contributed by atoms with E-state index in [2.05, 4.69) is 10.6 Å². The summed E-state index contributed by atoms with van der Waals surface area (Å²) in [4.78, 5) is 25.7. The fraction of sp³-hybridized carbons (Fsp3) is 0.529. The second-order valence-corrected chi connectivity index (χ2v) is 6.46. The lowest BCUT2D eigenvalue weighted by Gasteiger charge is -2.32. The number of carbonyl (C=O) groups excluding carboxylic acids is 2. The molecule has 1 saturated heterocycles. The molecule has 1 heterocycles. The quantitative estimate of drug-likeness (QED) is 0.871. The first-order valence-electron chi connectivity index (χ1n) is 8.39. The van der Waals surface area contributed by atoms with Gasteiger partial charge in [-0.2, -0.15) is 13.2 Å². The zero-order chi connectivity index (χ0) is 18.0. The van der Waals surface area contributed by atoms with Crippen molar-refractivity contribution in [2.45, 2.75) is 31.9 Å². The number of carbonyl (C=O) groups is 2. The van der Waals surface area contributed by atoms with E-state index in [9.17, 15) is 22.8 Å². The average Bonchev–Trinajstić information content (AvgIpc) is 3.00. The number of hydrogen-bond acceptors (Lipinski definition) is 2. The van der Waals surface area contributed by atoms with Crippen LogP contribution in [0.15, 0.2) is 24.3 Å². The molecule has 3 rings (SSSR count). The zero-order valence-electron chi connectivity index (χ0n) is 13.6. The molecular weight excluding hydrogens is 335 g/mol. The van der Waals surface area contributed by atoms with Crippen molar-refractivity contribution in [3.05, 3.63) is 24.3 Å². The molecule has 1 aromatic rings. The number of rotatable bonds is 3. The lowest BCUT2D eigenvalue weighted by atomic mass is 9.78. The molecule has 5 nitrogen and oxygen atoms in total. The number of amides is 3. The standard InChI is InChI=1S/C17H20F3N3O2/c18-17(19,20)14-7-2-1-6-13(14)15(24)22-11-4-3-5-12(10-11)23-9-8-21-16(23)25/h3-5,10,13-14H,1-2,6-9H2,(H,21,25)(H,22,24). The Bertz CT molecular complexity index is 663. The van der Waals surface area contributed by atoms with E-state index in [0.29, 0.717) is 37.3 Å². The second kappa shape index (κ2) is 6.93. The van der Waals surface area contributed by atoms with E-state index >= 15 is 0 Å². The molecule has 0 spiro atoms. The molecule has 1 aromatic carbocycles. The van der Waals surface area contributed by atoms with Crippen LogP contribution in [0, 0.1) is 11.8 Å². The number of alkyl halides is 3. The summed E-state index contributed by atoms with van der Waals surface area (Å²) in [6, 6.07) is 6.38. The molecule has 2 atom stereocenters. The molecule has 1 aliphatic carbocycles. The Morgan fingerprint density at radius 1 is 1.24 bits per heavy atom. The van der Waals surface area contributed by atoms with Crippen LogP contribution in [0.1, 0.15) is 25.7 Å². The summed E-state index contributed by atoms with van der Waals surface area (Å²) in [7, 11) is 0. The largest absolute Gasteiger partial charge is 0.392 e. The van der Waals surface area contributed by atoms with Crippen LogP contribution in [0.4, 0.5) is 29.3 Å². The summed E-state index contributed by atoms with van der Waals surface area (Å²) in [6.45, 7) is 1.04. The highest BCUT2D eigenvalue weighted by molar-refractivity contribution is 5.96. The third-order valence-electron chi connectivity index (χ3n) is 4.81. The van der Waals surface area contributed by atoms with Crippen LogP contribution in [-0.4, -0.2) is 31.2 Å². The molecule has 2 N–H and O–H groups in total. The minimum absolute atomic E-state index is 0.00439. The highest BCUT2D eigenvalue weighted by Crippen LogP contribution is 2.42. The van der Waals surface area contributed by atoms with Gasteiger partial charge in [-0.1, -0.05) is 18.9 Å². The molecule has 2 fully saturated rings. The third-order valence-corrected chi connectivity index (χ3v) is 4.81. The molecule has 0 aromatic heterocycles. The summed E-state index contributed by atoms with van der Waals surface area (Å²) in [6.07, 6.45) is -3.01. The maximum Gasteiger partial charge on any atom is 0.392 e. The molecule has 25 heavy (non-hydrogen) atoms. The van der Waals surface area contributed by atoms with Crippen molar-refractivity contribution in [2.24, 2.45) is 11.8 Å². The van der Waals surface area contributed by atoms with Gasteiger partial charge in [-0.15, -0.1) is 0 Å². The number of anilines is 2. The van der Waals surface area contributed by atoms with Crippen LogP contribution in [-0.2, 0) is 4.79 Å². The van der Waals surface area contributed by atoms with Crippen molar-refractivity contribution in [3.8, 4) is 0 Å². The smallest absolute Gasteiger partial charge is 0.336 e. The third kappa shape index (κ3) is 3.88. The monoisotopic (exact) mass is 355 g/mol. The first-order valence-corrected chi connectivity index (χ1v) is 8.39. The van der Waals surface area contributed by atoms with Gasteiger partial charge < -0.3 is 10.6 Å². The molecule has 3 amide bonds. The van der Waals surface area contributed by atoms with Crippen molar-refractivity contribution < 1.29 is 22.8 Å². The maximum atomic E-state index is 13.2. The Hall–Kier alpha value is -2.25. The van der Waals surface area contributed by atoms with Gasteiger partial charge in [-0.05, 0) is 31.0 Å². The Morgan fingerprint density at radius 2 is 2.00 bits per heavy atom. The van der Waals surface area contributed by atoms with E-state index in [0.717, 1.165) is 0 Å². The fourth-order valence-electron chi connectivity index (χ4n) is 3.54. The molecule has 1 aliphatic heterocycles. The van der Waals surface area contributed by atoms with Crippen LogP contribution >= 0.6 is 0 Å². The Balaban J connectivity index is 1.73. The van der Waals surface area contributed by atoms with Crippen molar-refractivity contribution in [1.82, 2.24) is 5.32 Å². The van der Waals surface area contributed by atoms with Crippen LogP contribution in [0.25, 0.3) is 0 Å². The Labute approximate surface area is 143 Å². The molecule has 2 unspecified atom stereocenters. The van der Waals surface area contributed by atoms with Gasteiger partial charge in [0.1, 0.15) is 0 Å². The molecule has 136 valence electrons. The van der Waals surface area contributed by atoms with Gasteiger partial charge in [0.05, 0.1) is 5.92 Å². The molecular formula is C17H20F3N3O2. The van der Waals surface area contributed by atoms with E-state index in [1.165, 1.54) is 4.90 Å². The van der Waals surface area contributed by atoms with E-state index in [-0.39, 0.29) is 18.9 Å². The van der Waals surface area contributed by atoms with Gasteiger partial charge in [0.15, 0.2) is 0 Å². The summed E-state index contributed by atoms with van der Waals surface area (Å²) in [5, 5.41) is 5.27. The molecule has 0 bridgehead atoms. The summed E-state index contributed by atoms with van der Waals surface area (Å²) in [5.41, 5.74) is 0.998. The number of nitrogens with one attached hydrogen (secondary N) is 2. The highest BCUT2D eigenvalue weighted by Gasteiger charge is 2.48. The topological polar surface area (TPSA) is 61.4 Å². The van der Waals surface area contributed by atoms with Crippen LogP contribution < -0.4 is 15.5 Å². The molecule has 1 saturated carbocycles. The van der Waals surface area contributed by atoms with Crippen molar-refractivity contribution in [2.75, 3.05) is 23.3 Å². The van der Waals surface area contributed by atoms with Crippen LogP contribution in [0.3, 0.4) is 0 Å². The first-order chi connectivity index (χ1) is 11.9.